The average molecular weight is 323 g/mol. The summed E-state index contributed by atoms with van der Waals surface area (Å²) >= 11 is 12.1. The van der Waals surface area contributed by atoms with Gasteiger partial charge in [-0.3, -0.25) is 0 Å². The van der Waals surface area contributed by atoms with Gasteiger partial charge in [0.25, 0.3) is 0 Å². The molecule has 0 unspecified atom stereocenters. The van der Waals surface area contributed by atoms with Crippen molar-refractivity contribution in [1.82, 2.24) is 0 Å². The molecule has 0 amide bonds. The van der Waals surface area contributed by atoms with E-state index in [9.17, 15) is 0 Å². The molecule has 0 aliphatic rings. The number of hydrogen-bond acceptors (Lipinski definition) is 2. The molecule has 0 saturated heterocycles. The average Bonchev–Trinajstić information content (AvgIpc) is 2.48. The van der Waals surface area contributed by atoms with Crippen molar-refractivity contribution in [1.29, 1.82) is 0 Å². The normalized spacial score (nSPS) is 10.5. The number of aryl methyl sites for hydroxylation is 2. The topological polar surface area (TPSA) is 24.1 Å². The van der Waals surface area contributed by atoms with Gasteiger partial charge < -0.3 is 10.6 Å². The van der Waals surface area contributed by atoms with Crippen LogP contribution in [0.15, 0.2) is 36.4 Å². The highest BCUT2D eigenvalue weighted by Crippen LogP contribution is 2.25. The first kappa shape index (κ1) is 16.0. The van der Waals surface area contributed by atoms with Crippen molar-refractivity contribution in [3.63, 3.8) is 0 Å². The molecule has 21 heavy (non-hydrogen) atoms. The fourth-order valence-electron chi connectivity index (χ4n) is 2.29. The summed E-state index contributed by atoms with van der Waals surface area (Å²) in [5, 5.41) is 8.17. The van der Waals surface area contributed by atoms with Gasteiger partial charge in [-0.2, -0.15) is 0 Å². The van der Waals surface area contributed by atoms with E-state index in [1.807, 2.05) is 6.07 Å². The number of nitrogens with one attached hydrogen (secondary N) is 2. The highest BCUT2D eigenvalue weighted by Gasteiger charge is 2.04. The zero-order valence-corrected chi connectivity index (χ0v) is 13.9. The lowest BCUT2D eigenvalue weighted by Crippen LogP contribution is -2.15. The minimum Gasteiger partial charge on any atom is -0.383 e. The van der Waals surface area contributed by atoms with E-state index >= 15 is 0 Å². The lowest BCUT2D eigenvalue weighted by molar-refractivity contribution is 1.05. The largest absolute Gasteiger partial charge is 0.383 e. The summed E-state index contributed by atoms with van der Waals surface area (Å²) in [6.07, 6.45) is 1.03. The molecule has 2 aromatic carbocycles. The molecule has 2 nitrogen and oxygen atoms in total. The lowest BCUT2D eigenvalue weighted by Gasteiger charge is -2.15. The highest BCUT2D eigenvalue weighted by atomic mass is 35.5. The Hall–Kier alpha value is -1.38. The van der Waals surface area contributed by atoms with E-state index in [2.05, 4.69) is 42.7 Å². The number of halogens is 2. The smallest absolute Gasteiger partial charge is 0.0638 e. The molecule has 0 aliphatic carbocycles. The van der Waals surface area contributed by atoms with E-state index in [1.165, 1.54) is 16.8 Å². The van der Waals surface area contributed by atoms with Gasteiger partial charge >= 0.3 is 0 Å². The van der Waals surface area contributed by atoms with Gasteiger partial charge in [-0.05, 0) is 42.7 Å². The van der Waals surface area contributed by atoms with Crippen molar-refractivity contribution in [2.45, 2.75) is 20.3 Å². The molecule has 2 rings (SSSR count). The van der Waals surface area contributed by atoms with Crippen molar-refractivity contribution >= 4 is 34.6 Å². The predicted octanol–water partition coefficient (Wildman–Crippen LogP) is 5.39. The van der Waals surface area contributed by atoms with Crippen LogP contribution in [-0.2, 0) is 6.42 Å². The van der Waals surface area contributed by atoms with Gasteiger partial charge in [0.2, 0.25) is 0 Å². The summed E-state index contributed by atoms with van der Waals surface area (Å²) in [5.41, 5.74) is 4.72. The lowest BCUT2D eigenvalue weighted by atomic mass is 10.1. The Labute approximate surface area is 136 Å². The summed E-state index contributed by atoms with van der Waals surface area (Å²) < 4.78 is 0. The van der Waals surface area contributed by atoms with Crippen LogP contribution in [0.1, 0.15) is 18.1 Å². The molecular formula is C17H20Cl2N2. The van der Waals surface area contributed by atoms with Crippen molar-refractivity contribution in [2.75, 3.05) is 23.7 Å². The van der Waals surface area contributed by atoms with Crippen molar-refractivity contribution < 1.29 is 0 Å². The summed E-state index contributed by atoms with van der Waals surface area (Å²) in [6.45, 7) is 5.89. The monoisotopic (exact) mass is 322 g/mol. The second kappa shape index (κ2) is 7.58. The summed E-state index contributed by atoms with van der Waals surface area (Å²) in [6, 6.07) is 11.8. The van der Waals surface area contributed by atoms with Crippen LogP contribution >= 0.6 is 23.2 Å². The molecule has 112 valence electrons. The van der Waals surface area contributed by atoms with Crippen molar-refractivity contribution in [2.24, 2.45) is 0 Å². The second-order valence-electron chi connectivity index (χ2n) is 4.94. The number of para-hydroxylation sites is 1. The third-order valence-electron chi connectivity index (χ3n) is 3.41. The predicted molar refractivity (Wildman–Crippen MR) is 94.0 cm³/mol. The first-order chi connectivity index (χ1) is 10.1. The van der Waals surface area contributed by atoms with Gasteiger partial charge in [-0.25, -0.2) is 0 Å². The van der Waals surface area contributed by atoms with E-state index in [4.69, 9.17) is 23.2 Å². The van der Waals surface area contributed by atoms with Crippen molar-refractivity contribution in [3.8, 4) is 0 Å². The molecule has 0 saturated carbocycles. The first-order valence-corrected chi connectivity index (χ1v) is 7.88. The van der Waals surface area contributed by atoms with Crippen LogP contribution in [0.4, 0.5) is 11.4 Å². The molecule has 0 spiro atoms. The molecule has 0 atom stereocenters. The minimum atomic E-state index is 0.682. The summed E-state index contributed by atoms with van der Waals surface area (Å²) in [7, 11) is 0. The zero-order chi connectivity index (χ0) is 15.2. The molecule has 0 heterocycles. The Balaban J connectivity index is 1.92. The molecule has 0 aliphatic heterocycles. The molecule has 4 heteroatoms. The number of hydrogen-bond donors (Lipinski definition) is 2. The Morgan fingerprint density at radius 1 is 1.00 bits per heavy atom. The maximum Gasteiger partial charge on any atom is 0.0638 e. The first-order valence-electron chi connectivity index (χ1n) is 7.13. The van der Waals surface area contributed by atoms with Crippen LogP contribution in [0, 0.1) is 6.92 Å². The van der Waals surface area contributed by atoms with E-state index in [0.29, 0.717) is 10.0 Å². The quantitative estimate of drug-likeness (QED) is 0.697. The fraction of sp³-hybridized carbons (Fsp3) is 0.294. The molecular weight excluding hydrogens is 303 g/mol. The Kier molecular flexibility index (Phi) is 5.77. The SMILES string of the molecule is CCc1cccc(C)c1NCCNc1cc(Cl)ccc1Cl. The highest BCUT2D eigenvalue weighted by molar-refractivity contribution is 6.35. The maximum atomic E-state index is 6.12. The Morgan fingerprint density at radius 2 is 1.76 bits per heavy atom. The third-order valence-corrected chi connectivity index (χ3v) is 3.98. The number of benzene rings is 2. The molecule has 0 bridgehead atoms. The molecule has 0 aromatic heterocycles. The maximum absolute atomic E-state index is 6.12. The fourth-order valence-corrected chi connectivity index (χ4v) is 2.65. The molecule has 0 radical (unpaired) electrons. The van der Waals surface area contributed by atoms with E-state index < -0.39 is 0 Å². The van der Waals surface area contributed by atoms with Crippen LogP contribution in [0.3, 0.4) is 0 Å². The Bertz CT molecular complexity index is 612. The minimum absolute atomic E-state index is 0.682. The van der Waals surface area contributed by atoms with Crippen LogP contribution in [0.25, 0.3) is 0 Å². The standard InChI is InChI=1S/C17H20Cl2N2/c1-3-13-6-4-5-12(2)17(13)21-10-9-20-16-11-14(18)7-8-15(16)19/h4-8,11,20-21H,3,9-10H2,1-2H3. The molecule has 2 N–H and O–H groups in total. The number of anilines is 2. The zero-order valence-electron chi connectivity index (χ0n) is 12.3. The molecule has 2 aromatic rings. The van der Waals surface area contributed by atoms with Crippen LogP contribution < -0.4 is 10.6 Å². The van der Waals surface area contributed by atoms with Gasteiger partial charge in [0.15, 0.2) is 0 Å². The second-order valence-corrected chi connectivity index (χ2v) is 5.78. The van der Waals surface area contributed by atoms with Crippen molar-refractivity contribution in [3.05, 3.63) is 57.6 Å². The summed E-state index contributed by atoms with van der Waals surface area (Å²) in [4.78, 5) is 0. The van der Waals surface area contributed by atoms with Crippen LogP contribution in [0.5, 0.6) is 0 Å². The van der Waals surface area contributed by atoms with E-state index in [1.54, 1.807) is 12.1 Å². The van der Waals surface area contributed by atoms with Crippen LogP contribution in [0.2, 0.25) is 10.0 Å². The van der Waals surface area contributed by atoms with Crippen LogP contribution in [-0.4, -0.2) is 13.1 Å². The summed E-state index contributed by atoms with van der Waals surface area (Å²) in [5.74, 6) is 0. The van der Waals surface area contributed by atoms with Gasteiger partial charge in [-0.1, -0.05) is 48.3 Å². The van der Waals surface area contributed by atoms with E-state index in [0.717, 1.165) is 25.2 Å². The van der Waals surface area contributed by atoms with Gasteiger partial charge in [0, 0.05) is 23.8 Å². The molecule has 0 fully saturated rings. The van der Waals surface area contributed by atoms with E-state index in [-0.39, 0.29) is 0 Å². The van der Waals surface area contributed by atoms with Gasteiger partial charge in [0.05, 0.1) is 10.7 Å². The number of rotatable bonds is 6. The van der Waals surface area contributed by atoms with Gasteiger partial charge in [-0.15, -0.1) is 0 Å². The van der Waals surface area contributed by atoms with Gasteiger partial charge in [0.1, 0.15) is 0 Å². The Morgan fingerprint density at radius 3 is 2.52 bits per heavy atom. The third kappa shape index (κ3) is 4.29.